The van der Waals surface area contributed by atoms with Crippen LogP contribution in [-0.4, -0.2) is 23.6 Å². The van der Waals surface area contributed by atoms with Gasteiger partial charge in [-0.3, -0.25) is 4.79 Å². The minimum Gasteiger partial charge on any atom is -0.484 e. The molecule has 0 saturated carbocycles. The lowest BCUT2D eigenvalue weighted by molar-refractivity contribution is -0.123. The van der Waals surface area contributed by atoms with Crippen LogP contribution in [0.3, 0.4) is 0 Å². The highest BCUT2D eigenvalue weighted by atomic mass is 16.5. The molecule has 2 N–H and O–H groups in total. The van der Waals surface area contributed by atoms with Crippen LogP contribution in [0.25, 0.3) is 0 Å². The van der Waals surface area contributed by atoms with Crippen molar-refractivity contribution in [3.63, 3.8) is 0 Å². The highest BCUT2D eigenvalue weighted by Crippen LogP contribution is 2.13. The van der Waals surface area contributed by atoms with Gasteiger partial charge in [0.15, 0.2) is 6.61 Å². The summed E-state index contributed by atoms with van der Waals surface area (Å²) in [5.41, 5.74) is 0.110. The molecule has 0 aliphatic heterocycles. The molecule has 20 heavy (non-hydrogen) atoms. The number of benzene rings is 1. The molecule has 1 aromatic carbocycles. The molecule has 104 valence electrons. The number of amides is 1. The maximum absolute atomic E-state index is 11.5. The Balaban J connectivity index is 1.81. The van der Waals surface area contributed by atoms with E-state index >= 15 is 0 Å². The summed E-state index contributed by atoms with van der Waals surface area (Å²) in [4.78, 5) is 22.3. The quantitative estimate of drug-likeness (QED) is 0.837. The van der Waals surface area contributed by atoms with Crippen LogP contribution >= 0.6 is 0 Å². The first-order valence-electron chi connectivity index (χ1n) is 5.90. The lowest BCUT2D eigenvalue weighted by atomic mass is 10.2. The van der Waals surface area contributed by atoms with E-state index < -0.39 is 5.97 Å². The van der Waals surface area contributed by atoms with Crippen molar-refractivity contribution < 1.29 is 23.8 Å². The fraction of sp³-hybridized carbons (Fsp3) is 0.143. The average Bonchev–Trinajstić information content (AvgIpc) is 2.96. The Labute approximate surface area is 115 Å². The number of rotatable bonds is 6. The van der Waals surface area contributed by atoms with Gasteiger partial charge < -0.3 is 19.6 Å². The van der Waals surface area contributed by atoms with Crippen molar-refractivity contribution in [2.75, 3.05) is 6.61 Å². The number of aromatic carboxylic acids is 1. The number of carbonyl (C=O) groups is 2. The van der Waals surface area contributed by atoms with Crippen LogP contribution < -0.4 is 10.1 Å². The van der Waals surface area contributed by atoms with E-state index in [9.17, 15) is 9.59 Å². The Kier molecular flexibility index (Phi) is 4.39. The van der Waals surface area contributed by atoms with Crippen molar-refractivity contribution in [2.24, 2.45) is 0 Å². The molecule has 0 spiro atoms. The van der Waals surface area contributed by atoms with Gasteiger partial charge in [0.25, 0.3) is 5.91 Å². The predicted molar refractivity (Wildman–Crippen MR) is 69.5 cm³/mol. The minimum atomic E-state index is -1.04. The summed E-state index contributed by atoms with van der Waals surface area (Å²) in [6, 6.07) is 9.44. The zero-order valence-electron chi connectivity index (χ0n) is 10.5. The fourth-order valence-corrected chi connectivity index (χ4v) is 1.52. The summed E-state index contributed by atoms with van der Waals surface area (Å²) in [5, 5.41) is 11.4. The van der Waals surface area contributed by atoms with E-state index in [-0.39, 0.29) is 24.6 Å². The average molecular weight is 275 g/mol. The second-order valence-electron chi connectivity index (χ2n) is 3.98. The molecule has 0 aliphatic carbocycles. The van der Waals surface area contributed by atoms with Gasteiger partial charge in [-0.2, -0.15) is 0 Å². The monoisotopic (exact) mass is 275 g/mol. The number of nitrogens with one attached hydrogen (secondary N) is 1. The molecule has 2 aromatic rings. The molecule has 0 unspecified atom stereocenters. The van der Waals surface area contributed by atoms with Crippen LogP contribution in [0, 0.1) is 0 Å². The second kappa shape index (κ2) is 6.42. The summed E-state index contributed by atoms with van der Waals surface area (Å²) in [5.74, 6) is -0.385. The van der Waals surface area contributed by atoms with E-state index in [0.717, 1.165) is 0 Å². The van der Waals surface area contributed by atoms with Crippen LogP contribution in [0.2, 0.25) is 0 Å². The molecule has 6 heteroatoms. The number of carboxylic acid groups (broad SMARTS) is 1. The van der Waals surface area contributed by atoms with Crippen molar-refractivity contribution >= 4 is 11.9 Å². The Bertz CT molecular complexity index is 591. The molecule has 1 heterocycles. The summed E-state index contributed by atoms with van der Waals surface area (Å²) >= 11 is 0. The zero-order chi connectivity index (χ0) is 14.4. The molecule has 1 aromatic heterocycles. The molecule has 0 fully saturated rings. The van der Waals surface area contributed by atoms with Crippen LogP contribution in [0.5, 0.6) is 5.75 Å². The Morgan fingerprint density at radius 1 is 1.25 bits per heavy atom. The molecule has 0 bridgehead atoms. The zero-order valence-corrected chi connectivity index (χ0v) is 10.5. The minimum absolute atomic E-state index is 0.110. The van der Waals surface area contributed by atoms with E-state index in [1.54, 1.807) is 24.3 Å². The Morgan fingerprint density at radius 2 is 2.10 bits per heavy atom. The van der Waals surface area contributed by atoms with Crippen LogP contribution in [0.1, 0.15) is 16.1 Å². The van der Waals surface area contributed by atoms with Gasteiger partial charge in [0, 0.05) is 0 Å². The number of carbonyl (C=O) groups excluding carboxylic acids is 1. The molecule has 0 radical (unpaired) electrons. The van der Waals surface area contributed by atoms with Crippen LogP contribution in [0.15, 0.2) is 47.1 Å². The normalized spacial score (nSPS) is 10.0. The number of furan rings is 1. The molecule has 0 aliphatic rings. The highest BCUT2D eigenvalue weighted by Gasteiger charge is 2.06. The van der Waals surface area contributed by atoms with Gasteiger partial charge in [-0.1, -0.05) is 6.07 Å². The number of ether oxygens (including phenoxy) is 1. The third-order valence-electron chi connectivity index (χ3n) is 2.49. The standard InChI is InChI=1S/C14H13NO5/c16-13(15-8-12-5-2-6-19-12)9-20-11-4-1-3-10(7-11)14(17)18/h1-7H,8-9H2,(H,15,16)(H,17,18). The predicted octanol–water partition coefficient (Wildman–Crippen LogP) is 1.67. The van der Waals surface area contributed by atoms with Crippen LogP contribution in [0.4, 0.5) is 0 Å². The molecule has 0 atom stereocenters. The molecule has 0 saturated heterocycles. The SMILES string of the molecule is O=C(COc1cccc(C(=O)O)c1)NCc1ccco1. The molecular formula is C14H13NO5. The third-order valence-corrected chi connectivity index (χ3v) is 2.49. The molecule has 2 rings (SSSR count). The lowest BCUT2D eigenvalue weighted by Gasteiger charge is -2.07. The topological polar surface area (TPSA) is 88.8 Å². The van der Waals surface area contributed by atoms with E-state index in [0.29, 0.717) is 11.5 Å². The summed E-state index contributed by atoms with van der Waals surface area (Å²) < 4.78 is 10.3. The highest BCUT2D eigenvalue weighted by molar-refractivity contribution is 5.88. The summed E-state index contributed by atoms with van der Waals surface area (Å²) in [6.45, 7) is 0.0914. The number of hydrogen-bond acceptors (Lipinski definition) is 4. The lowest BCUT2D eigenvalue weighted by Crippen LogP contribution is -2.28. The first kappa shape index (κ1) is 13.7. The number of hydrogen-bond donors (Lipinski definition) is 2. The van der Waals surface area contributed by atoms with Gasteiger partial charge in [-0.05, 0) is 30.3 Å². The van der Waals surface area contributed by atoms with Crippen molar-refractivity contribution in [1.82, 2.24) is 5.32 Å². The smallest absolute Gasteiger partial charge is 0.335 e. The van der Waals surface area contributed by atoms with Crippen LogP contribution in [-0.2, 0) is 11.3 Å². The first-order chi connectivity index (χ1) is 9.65. The maximum atomic E-state index is 11.5. The van der Waals surface area contributed by atoms with Crippen molar-refractivity contribution in [3.8, 4) is 5.75 Å². The van der Waals surface area contributed by atoms with Crippen molar-refractivity contribution in [2.45, 2.75) is 6.54 Å². The van der Waals surface area contributed by atoms with Crippen molar-refractivity contribution in [3.05, 3.63) is 54.0 Å². The van der Waals surface area contributed by atoms with Gasteiger partial charge in [0.05, 0.1) is 18.4 Å². The van der Waals surface area contributed by atoms with E-state index in [1.165, 1.54) is 18.4 Å². The Morgan fingerprint density at radius 3 is 2.80 bits per heavy atom. The molecule has 1 amide bonds. The fourth-order valence-electron chi connectivity index (χ4n) is 1.52. The Hall–Kier alpha value is -2.76. The van der Waals surface area contributed by atoms with E-state index in [4.69, 9.17) is 14.3 Å². The number of carboxylic acids is 1. The van der Waals surface area contributed by atoms with Gasteiger partial charge in [-0.25, -0.2) is 4.79 Å². The third kappa shape index (κ3) is 3.88. The summed E-state index contributed by atoms with van der Waals surface area (Å²) in [6.07, 6.45) is 1.52. The van der Waals surface area contributed by atoms with Gasteiger partial charge in [0.2, 0.25) is 0 Å². The maximum Gasteiger partial charge on any atom is 0.335 e. The van der Waals surface area contributed by atoms with E-state index in [2.05, 4.69) is 5.32 Å². The van der Waals surface area contributed by atoms with E-state index in [1.807, 2.05) is 0 Å². The van der Waals surface area contributed by atoms with Crippen molar-refractivity contribution in [1.29, 1.82) is 0 Å². The first-order valence-corrected chi connectivity index (χ1v) is 5.90. The van der Waals surface area contributed by atoms with Gasteiger partial charge in [-0.15, -0.1) is 0 Å². The second-order valence-corrected chi connectivity index (χ2v) is 3.98. The van der Waals surface area contributed by atoms with Gasteiger partial charge >= 0.3 is 5.97 Å². The van der Waals surface area contributed by atoms with Gasteiger partial charge in [0.1, 0.15) is 11.5 Å². The molecule has 6 nitrogen and oxygen atoms in total. The largest absolute Gasteiger partial charge is 0.484 e. The molecular weight excluding hydrogens is 262 g/mol. The summed E-state index contributed by atoms with van der Waals surface area (Å²) in [7, 11) is 0.